The summed E-state index contributed by atoms with van der Waals surface area (Å²) in [7, 11) is 0. The van der Waals surface area contributed by atoms with Gasteiger partial charge in [0.25, 0.3) is 0 Å². The Balaban J connectivity index is 1.87. The zero-order chi connectivity index (χ0) is 27.0. The van der Waals surface area contributed by atoms with Crippen LogP contribution in [0.2, 0.25) is 10.0 Å². The van der Waals surface area contributed by atoms with Crippen molar-refractivity contribution < 1.29 is 22.7 Å². The maximum atomic E-state index is 13.1. The summed E-state index contributed by atoms with van der Waals surface area (Å²) in [4.78, 5) is 18.8. The van der Waals surface area contributed by atoms with E-state index in [9.17, 15) is 18.0 Å². The first-order valence-electron chi connectivity index (χ1n) is 11.5. The highest BCUT2D eigenvalue weighted by Gasteiger charge is 2.40. The quantitative estimate of drug-likeness (QED) is 0.293. The van der Waals surface area contributed by atoms with E-state index in [1.54, 1.807) is 48.5 Å². The molecule has 0 saturated carbocycles. The van der Waals surface area contributed by atoms with Gasteiger partial charge in [-0.3, -0.25) is 14.7 Å². The second-order valence-electron chi connectivity index (χ2n) is 9.82. The van der Waals surface area contributed by atoms with Gasteiger partial charge in [0, 0.05) is 10.0 Å². The molecule has 4 rings (SSSR count). The standard InChI is InChI=1S/C28H25Cl2F3N2O2/c1-27(2,3)19-8-13-22(23(14-19)37-15-28(31,32)33)26-34-24(17-4-9-20(29)10-5-17)25(35(26)16-36)18-6-11-21(30)12-7-18/h4-14,16,24-25H,15H2,1-3H3. The van der Waals surface area contributed by atoms with Crippen LogP contribution in [0.25, 0.3) is 0 Å². The summed E-state index contributed by atoms with van der Waals surface area (Å²) in [5, 5.41) is 1.08. The maximum Gasteiger partial charge on any atom is 0.422 e. The summed E-state index contributed by atoms with van der Waals surface area (Å²) < 4.78 is 44.6. The van der Waals surface area contributed by atoms with Crippen LogP contribution in [0.15, 0.2) is 71.7 Å². The van der Waals surface area contributed by atoms with E-state index in [4.69, 9.17) is 32.9 Å². The lowest BCUT2D eigenvalue weighted by Crippen LogP contribution is -2.31. The Morgan fingerprint density at radius 3 is 2.00 bits per heavy atom. The lowest BCUT2D eigenvalue weighted by Gasteiger charge is -2.27. The number of benzene rings is 3. The number of aliphatic imine (C=N–C) groups is 1. The number of hydrogen-bond donors (Lipinski definition) is 0. The number of nitrogens with zero attached hydrogens (tertiary/aromatic N) is 2. The molecule has 0 radical (unpaired) electrons. The van der Waals surface area contributed by atoms with Crippen LogP contribution < -0.4 is 4.74 Å². The van der Waals surface area contributed by atoms with Crippen molar-refractivity contribution in [3.05, 3.63) is 99.0 Å². The predicted octanol–water partition coefficient (Wildman–Crippen LogP) is 7.93. The minimum atomic E-state index is -4.53. The molecule has 1 amide bonds. The van der Waals surface area contributed by atoms with Gasteiger partial charge >= 0.3 is 6.18 Å². The molecule has 1 aliphatic heterocycles. The molecule has 0 spiro atoms. The molecule has 2 atom stereocenters. The molecule has 3 aromatic carbocycles. The van der Waals surface area contributed by atoms with Crippen molar-refractivity contribution in [2.24, 2.45) is 4.99 Å². The van der Waals surface area contributed by atoms with E-state index >= 15 is 0 Å². The van der Waals surface area contributed by atoms with Gasteiger partial charge in [0.2, 0.25) is 6.41 Å². The molecule has 0 aliphatic carbocycles. The monoisotopic (exact) mass is 548 g/mol. The third-order valence-corrected chi connectivity index (χ3v) is 6.63. The van der Waals surface area contributed by atoms with E-state index in [0.717, 1.165) is 16.7 Å². The fraction of sp³-hybridized carbons (Fsp3) is 0.286. The summed E-state index contributed by atoms with van der Waals surface area (Å²) in [6.07, 6.45) is -3.90. The zero-order valence-electron chi connectivity index (χ0n) is 20.4. The van der Waals surface area contributed by atoms with Gasteiger partial charge in [-0.25, -0.2) is 0 Å². The third kappa shape index (κ3) is 6.11. The van der Waals surface area contributed by atoms with Crippen LogP contribution in [-0.4, -0.2) is 29.9 Å². The lowest BCUT2D eigenvalue weighted by atomic mass is 9.86. The number of hydrogen-bond acceptors (Lipinski definition) is 3. The highest BCUT2D eigenvalue weighted by molar-refractivity contribution is 6.30. The van der Waals surface area contributed by atoms with Crippen LogP contribution in [0.1, 0.15) is 55.1 Å². The van der Waals surface area contributed by atoms with Crippen molar-refractivity contribution in [2.45, 2.75) is 44.4 Å². The van der Waals surface area contributed by atoms with Crippen LogP contribution in [0.5, 0.6) is 5.75 Å². The number of rotatable bonds is 6. The summed E-state index contributed by atoms with van der Waals surface area (Å²) in [6.45, 7) is 4.39. The van der Waals surface area contributed by atoms with Gasteiger partial charge in [-0.2, -0.15) is 13.2 Å². The van der Waals surface area contributed by atoms with Crippen LogP contribution in [0, 0.1) is 0 Å². The number of amides is 1. The molecule has 0 N–H and O–H groups in total. The average Bonchev–Trinajstić information content (AvgIpc) is 3.22. The molecule has 37 heavy (non-hydrogen) atoms. The number of alkyl halides is 3. The fourth-order valence-electron chi connectivity index (χ4n) is 4.25. The molecular weight excluding hydrogens is 524 g/mol. The Kier molecular flexibility index (Phi) is 7.58. The van der Waals surface area contributed by atoms with Crippen LogP contribution in [-0.2, 0) is 10.2 Å². The Labute approximate surface area is 223 Å². The Bertz CT molecular complexity index is 1300. The van der Waals surface area contributed by atoms with Crippen molar-refractivity contribution >= 4 is 35.4 Å². The van der Waals surface area contributed by atoms with Crippen molar-refractivity contribution in [1.82, 2.24) is 4.90 Å². The normalized spacial score (nSPS) is 18.1. The zero-order valence-corrected chi connectivity index (χ0v) is 21.9. The smallest absolute Gasteiger partial charge is 0.422 e. The number of carbonyl (C=O) groups excluding carboxylic acids is 1. The second-order valence-corrected chi connectivity index (χ2v) is 10.7. The van der Waals surface area contributed by atoms with Gasteiger partial charge < -0.3 is 4.74 Å². The highest BCUT2D eigenvalue weighted by atomic mass is 35.5. The van der Waals surface area contributed by atoms with E-state index in [1.807, 2.05) is 39.0 Å². The minimum Gasteiger partial charge on any atom is -0.483 e. The Morgan fingerprint density at radius 2 is 1.49 bits per heavy atom. The molecule has 1 heterocycles. The summed E-state index contributed by atoms with van der Waals surface area (Å²) in [5.41, 5.74) is 2.29. The minimum absolute atomic E-state index is 0.00182. The van der Waals surface area contributed by atoms with Gasteiger partial charge in [0.05, 0.1) is 11.6 Å². The van der Waals surface area contributed by atoms with Crippen molar-refractivity contribution in [3.63, 3.8) is 0 Å². The average molecular weight is 549 g/mol. The molecule has 0 aromatic heterocycles. The van der Waals surface area contributed by atoms with E-state index < -0.39 is 24.9 Å². The lowest BCUT2D eigenvalue weighted by molar-refractivity contribution is -0.153. The number of ether oxygens (including phenoxy) is 1. The van der Waals surface area contributed by atoms with Crippen LogP contribution in [0.3, 0.4) is 0 Å². The molecule has 1 aliphatic rings. The SMILES string of the molecule is CC(C)(C)c1ccc(C2=NC(c3ccc(Cl)cc3)C(c3ccc(Cl)cc3)N2C=O)c(OCC(F)(F)F)c1. The van der Waals surface area contributed by atoms with E-state index in [0.29, 0.717) is 22.0 Å². The molecule has 3 aromatic rings. The molecule has 2 unspecified atom stereocenters. The molecule has 9 heteroatoms. The number of amidine groups is 1. The fourth-order valence-corrected chi connectivity index (χ4v) is 4.50. The molecular formula is C28H25Cl2F3N2O2. The molecule has 0 saturated heterocycles. The van der Waals surface area contributed by atoms with E-state index in [1.165, 1.54) is 4.90 Å². The maximum absolute atomic E-state index is 13.1. The first kappa shape index (κ1) is 27.0. The summed E-state index contributed by atoms with van der Waals surface area (Å²) >= 11 is 12.2. The molecule has 0 bridgehead atoms. The first-order valence-corrected chi connectivity index (χ1v) is 12.3. The van der Waals surface area contributed by atoms with Gasteiger partial charge in [0.15, 0.2) is 6.61 Å². The predicted molar refractivity (Wildman–Crippen MR) is 140 cm³/mol. The molecule has 0 fully saturated rings. The Hall–Kier alpha value is -3.03. The van der Waals surface area contributed by atoms with Crippen molar-refractivity contribution in [2.75, 3.05) is 6.61 Å². The molecule has 194 valence electrons. The largest absolute Gasteiger partial charge is 0.483 e. The number of carbonyl (C=O) groups is 1. The summed E-state index contributed by atoms with van der Waals surface area (Å²) in [6, 6.07) is 18.1. The van der Waals surface area contributed by atoms with Crippen molar-refractivity contribution in [3.8, 4) is 5.75 Å². The topological polar surface area (TPSA) is 41.9 Å². The number of halogens is 5. The summed E-state index contributed by atoms with van der Waals surface area (Å²) in [5.74, 6) is 0.217. The van der Waals surface area contributed by atoms with Gasteiger partial charge in [-0.05, 0) is 58.5 Å². The van der Waals surface area contributed by atoms with Gasteiger partial charge in [-0.15, -0.1) is 0 Å². The van der Waals surface area contributed by atoms with Crippen LogP contribution in [0.4, 0.5) is 13.2 Å². The highest BCUT2D eigenvalue weighted by Crippen LogP contribution is 2.44. The van der Waals surface area contributed by atoms with Crippen LogP contribution >= 0.6 is 23.2 Å². The van der Waals surface area contributed by atoms with E-state index in [-0.39, 0.29) is 17.0 Å². The van der Waals surface area contributed by atoms with Gasteiger partial charge in [-0.1, -0.05) is 74.3 Å². The third-order valence-electron chi connectivity index (χ3n) is 6.12. The van der Waals surface area contributed by atoms with Crippen molar-refractivity contribution in [1.29, 1.82) is 0 Å². The Morgan fingerprint density at radius 1 is 0.919 bits per heavy atom. The second kappa shape index (κ2) is 10.4. The van der Waals surface area contributed by atoms with Gasteiger partial charge in [0.1, 0.15) is 17.6 Å². The first-order chi connectivity index (χ1) is 17.4. The molecule has 4 nitrogen and oxygen atoms in total. The van der Waals surface area contributed by atoms with E-state index in [2.05, 4.69) is 0 Å².